The molecule has 0 amide bonds. The van der Waals surface area contributed by atoms with Crippen LogP contribution in [0.1, 0.15) is 27.2 Å². The highest BCUT2D eigenvalue weighted by Gasteiger charge is 2.20. The van der Waals surface area contributed by atoms with Crippen molar-refractivity contribution in [1.82, 2.24) is 0 Å². The molecule has 0 aliphatic carbocycles. The van der Waals surface area contributed by atoms with Crippen LogP contribution in [0.3, 0.4) is 0 Å². The van der Waals surface area contributed by atoms with Gasteiger partial charge in [0.05, 0.1) is 32.8 Å². The van der Waals surface area contributed by atoms with E-state index in [1.807, 2.05) is 0 Å². The fourth-order valence-corrected chi connectivity index (χ4v) is 1.90. The molecule has 18 heavy (non-hydrogen) atoms. The molecule has 0 aromatic heterocycles. The number of ether oxygens (including phenoxy) is 1. The lowest BCUT2D eigenvalue weighted by Crippen LogP contribution is -2.48. The Labute approximate surface area is 109 Å². The molecule has 0 saturated heterocycles. The molecule has 0 heterocycles. The highest BCUT2D eigenvalue weighted by Crippen LogP contribution is 2.07. The van der Waals surface area contributed by atoms with Gasteiger partial charge in [-0.2, -0.15) is 5.26 Å². The van der Waals surface area contributed by atoms with Crippen LogP contribution in [0.2, 0.25) is 0 Å². The molecule has 0 saturated carbocycles. The van der Waals surface area contributed by atoms with Crippen LogP contribution in [0.15, 0.2) is 5.57 Å². The zero-order valence-electron chi connectivity index (χ0n) is 11.4. The summed E-state index contributed by atoms with van der Waals surface area (Å²) in [5.74, 6) is 0.702. The molecule has 0 rings (SSSR count). The summed E-state index contributed by atoms with van der Waals surface area (Å²) in [4.78, 5) is 11.2. The Balaban J connectivity index is 4.11. The third-order valence-electron chi connectivity index (χ3n) is 3.45. The van der Waals surface area contributed by atoms with E-state index in [0.717, 1.165) is 37.1 Å². The molecule has 0 aliphatic heterocycles. The summed E-state index contributed by atoms with van der Waals surface area (Å²) >= 11 is 0. The summed E-state index contributed by atoms with van der Waals surface area (Å²) in [6.07, 6.45) is 0.741. The van der Waals surface area contributed by atoms with E-state index in [4.69, 9.17) is 15.4 Å². The number of carbonyl (C=O) groups excluding carboxylic acids is 1. The Kier molecular flexibility index (Phi) is 7.69. The lowest BCUT2D eigenvalue weighted by Gasteiger charge is -2.35. The molecule has 0 unspecified atom stereocenters. The molecule has 0 bridgehead atoms. The molecule has 0 aliphatic rings. The lowest BCUT2D eigenvalue weighted by molar-refractivity contribution is -0.923. The molecular weight excluding hydrogens is 230 g/mol. The quantitative estimate of drug-likeness (QED) is 0.164. The smallest absolute Gasteiger partial charge is 0.355 e. The third kappa shape index (κ3) is 4.70. The van der Waals surface area contributed by atoms with Crippen molar-refractivity contribution in [1.29, 1.82) is 5.26 Å². The number of nitriles is 1. The van der Waals surface area contributed by atoms with Crippen molar-refractivity contribution in [3.63, 3.8) is 0 Å². The van der Waals surface area contributed by atoms with Gasteiger partial charge in [0.1, 0.15) is 6.07 Å². The number of hydrogen-bond acceptors (Lipinski definition) is 3. The van der Waals surface area contributed by atoms with E-state index in [2.05, 4.69) is 20.8 Å². The van der Waals surface area contributed by atoms with E-state index < -0.39 is 11.5 Å². The average Bonchev–Trinajstić information content (AvgIpc) is 2.41. The predicted octanol–water partition coefficient (Wildman–Crippen LogP) is 1.49. The van der Waals surface area contributed by atoms with Gasteiger partial charge in [-0.3, -0.25) is 0 Å². The zero-order valence-corrected chi connectivity index (χ0v) is 11.4. The van der Waals surface area contributed by atoms with E-state index in [-0.39, 0.29) is 6.61 Å². The van der Waals surface area contributed by atoms with Gasteiger partial charge in [-0.1, -0.05) is 0 Å². The number of esters is 1. The largest absolute Gasteiger partial charge is 0.762 e. The molecule has 100 valence electrons. The molecule has 0 aromatic rings. The predicted molar refractivity (Wildman–Crippen MR) is 69.8 cm³/mol. The first kappa shape index (κ1) is 16.4. The van der Waals surface area contributed by atoms with Gasteiger partial charge in [0, 0.05) is 6.42 Å². The molecule has 0 atom stereocenters. The summed E-state index contributed by atoms with van der Waals surface area (Å²) in [6.45, 7) is 10.8. The molecule has 5 heteroatoms. The molecular formula is C13H21N3O2. The summed E-state index contributed by atoms with van der Waals surface area (Å²) in [5, 5.41) is 17.0. The summed E-state index contributed by atoms with van der Waals surface area (Å²) in [5.41, 5.74) is -0.489. The Hall–Kier alpha value is -1.63. The number of quaternary nitrogens is 1. The molecule has 0 aromatic carbocycles. The van der Waals surface area contributed by atoms with E-state index in [9.17, 15) is 4.79 Å². The van der Waals surface area contributed by atoms with Crippen molar-refractivity contribution < 1.29 is 14.0 Å². The van der Waals surface area contributed by atoms with Crippen LogP contribution >= 0.6 is 0 Å². The number of nitrogens with zero attached hydrogens (tertiary/aromatic N) is 3. The monoisotopic (exact) mass is 251 g/mol. The molecule has 0 spiro atoms. The van der Waals surface area contributed by atoms with E-state index >= 15 is 0 Å². The average molecular weight is 251 g/mol. The first-order valence-electron chi connectivity index (χ1n) is 6.28. The van der Waals surface area contributed by atoms with Crippen molar-refractivity contribution in [2.24, 2.45) is 0 Å². The second-order valence-electron chi connectivity index (χ2n) is 4.10. The van der Waals surface area contributed by atoms with Crippen molar-refractivity contribution >= 4 is 11.8 Å². The van der Waals surface area contributed by atoms with E-state index in [0.29, 0.717) is 0 Å². The van der Waals surface area contributed by atoms with Gasteiger partial charge < -0.3 is 14.6 Å². The van der Waals surface area contributed by atoms with E-state index in [1.165, 1.54) is 11.9 Å². The first-order valence-corrected chi connectivity index (χ1v) is 6.28. The standard InChI is InChI=1S/C13H21N3O2/c1-4-16(5-2,6-3)8-7-9-18-13(17)12(10-14)11-15/h4-9H2,1-3H3. The van der Waals surface area contributed by atoms with Crippen molar-refractivity contribution in [2.75, 3.05) is 32.8 Å². The molecule has 0 N–H and O–H groups in total. The van der Waals surface area contributed by atoms with Crippen molar-refractivity contribution in [2.45, 2.75) is 27.2 Å². The van der Waals surface area contributed by atoms with Gasteiger partial charge in [-0.05, 0) is 20.8 Å². The maximum Gasteiger partial charge on any atom is 0.355 e. The summed E-state index contributed by atoms with van der Waals surface area (Å²) in [7, 11) is 0. The van der Waals surface area contributed by atoms with Gasteiger partial charge in [-0.25, -0.2) is 10.7 Å². The van der Waals surface area contributed by atoms with Gasteiger partial charge >= 0.3 is 5.97 Å². The summed E-state index contributed by atoms with van der Waals surface area (Å²) in [6, 6.07) is 1.52. The van der Waals surface area contributed by atoms with Crippen LogP contribution < -0.4 is 0 Å². The topological polar surface area (TPSA) is 72.4 Å². The van der Waals surface area contributed by atoms with E-state index in [1.54, 1.807) is 0 Å². The Morgan fingerprint density at radius 3 is 2.22 bits per heavy atom. The minimum atomic E-state index is -0.817. The number of rotatable bonds is 8. The Morgan fingerprint density at radius 1 is 1.28 bits per heavy atom. The van der Waals surface area contributed by atoms with Gasteiger partial charge in [0.2, 0.25) is 0 Å². The second kappa shape index (κ2) is 8.46. The molecule has 5 nitrogen and oxygen atoms in total. The van der Waals surface area contributed by atoms with Crippen LogP contribution in [0.4, 0.5) is 0 Å². The van der Waals surface area contributed by atoms with Crippen molar-refractivity contribution in [3.05, 3.63) is 11.0 Å². The van der Waals surface area contributed by atoms with Gasteiger partial charge in [0.15, 0.2) is 5.57 Å². The maximum absolute atomic E-state index is 11.2. The lowest BCUT2D eigenvalue weighted by atomic mass is 10.3. The van der Waals surface area contributed by atoms with Gasteiger partial charge in [-0.15, -0.1) is 0 Å². The number of carbonyl (C=O) groups is 1. The number of hydrogen-bond donors (Lipinski definition) is 0. The van der Waals surface area contributed by atoms with Crippen LogP contribution in [0, 0.1) is 11.3 Å². The maximum atomic E-state index is 11.2. The molecule has 0 fully saturated rings. The fourth-order valence-electron chi connectivity index (χ4n) is 1.90. The third-order valence-corrected chi connectivity index (χ3v) is 3.45. The minimum Gasteiger partial charge on any atom is -0.762 e. The van der Waals surface area contributed by atoms with Crippen molar-refractivity contribution in [3.8, 4) is 6.07 Å². The Bertz CT molecular complexity index is 353. The Morgan fingerprint density at radius 2 is 1.83 bits per heavy atom. The zero-order chi connectivity index (χ0) is 14.0. The SMILES string of the molecule is CC[N+](CC)(CC)CCCOC(=O)C(=C=[N-])C#N. The first-order chi connectivity index (χ1) is 8.59. The van der Waals surface area contributed by atoms with Crippen LogP contribution in [-0.2, 0) is 9.53 Å². The molecule has 0 radical (unpaired) electrons. The highest BCUT2D eigenvalue weighted by atomic mass is 16.5. The van der Waals surface area contributed by atoms with Crippen LogP contribution in [0.25, 0.3) is 5.41 Å². The van der Waals surface area contributed by atoms with Crippen LogP contribution in [-0.4, -0.2) is 49.1 Å². The van der Waals surface area contributed by atoms with Gasteiger partial charge in [0.25, 0.3) is 0 Å². The second-order valence-corrected chi connectivity index (χ2v) is 4.10. The fraction of sp³-hybridized carbons (Fsp3) is 0.692. The highest BCUT2D eigenvalue weighted by molar-refractivity contribution is 6.02. The minimum absolute atomic E-state index is 0.256. The van der Waals surface area contributed by atoms with Crippen LogP contribution in [0.5, 0.6) is 0 Å². The summed E-state index contributed by atoms with van der Waals surface area (Å²) < 4.78 is 5.87. The normalized spacial score (nSPS) is 10.3.